The molecule has 2 N–H and O–H groups in total. The van der Waals surface area contributed by atoms with Crippen molar-refractivity contribution in [1.29, 1.82) is 0 Å². The lowest BCUT2D eigenvalue weighted by Crippen LogP contribution is -2.33. The zero-order valence-electron chi connectivity index (χ0n) is 13.4. The van der Waals surface area contributed by atoms with Crippen molar-refractivity contribution in [2.24, 2.45) is 0 Å². The number of para-hydroxylation sites is 1. The Morgan fingerprint density at radius 1 is 1.32 bits per heavy atom. The number of anilines is 1. The summed E-state index contributed by atoms with van der Waals surface area (Å²) in [6.07, 6.45) is 2.29. The van der Waals surface area contributed by atoms with Gasteiger partial charge in [-0.25, -0.2) is 14.4 Å². The molecular formula is C16H16ClFN4O2S. The second-order valence-corrected chi connectivity index (χ2v) is 6.38. The fraction of sp³-hybridized carbons (Fsp3) is 0.250. The van der Waals surface area contributed by atoms with Crippen molar-refractivity contribution < 1.29 is 14.0 Å². The average molecular weight is 383 g/mol. The molecule has 0 saturated heterocycles. The normalized spacial score (nSPS) is 10.4. The highest BCUT2D eigenvalue weighted by atomic mass is 35.5. The molecule has 0 bridgehead atoms. The van der Waals surface area contributed by atoms with Crippen molar-refractivity contribution in [3.63, 3.8) is 0 Å². The number of nitrogens with one attached hydrogen (secondary N) is 2. The number of amides is 2. The molecule has 1 aromatic heterocycles. The molecule has 9 heteroatoms. The maximum Gasteiger partial charge on any atom is 0.272 e. The molecule has 0 aliphatic heterocycles. The fourth-order valence-electron chi connectivity index (χ4n) is 1.77. The van der Waals surface area contributed by atoms with E-state index in [2.05, 4.69) is 20.6 Å². The monoisotopic (exact) mass is 382 g/mol. The van der Waals surface area contributed by atoms with Crippen LogP contribution in [0.4, 0.5) is 10.1 Å². The number of halogens is 2. The molecule has 132 valence electrons. The average Bonchev–Trinajstić information content (AvgIpc) is 2.61. The Balaban J connectivity index is 1.95. The topological polar surface area (TPSA) is 84.0 Å². The maximum atomic E-state index is 13.5. The first-order chi connectivity index (χ1) is 12.0. The molecule has 2 rings (SSSR count). The number of carbonyl (C=O) groups is 2. The highest BCUT2D eigenvalue weighted by Gasteiger charge is 2.16. The van der Waals surface area contributed by atoms with Crippen LogP contribution in [0, 0.1) is 5.82 Å². The molecule has 0 atom stereocenters. The molecular weight excluding hydrogens is 367 g/mol. The zero-order valence-corrected chi connectivity index (χ0v) is 15.0. The largest absolute Gasteiger partial charge is 0.342 e. The SMILES string of the molecule is CCCSc1ncc(Cl)c(C(=O)NCC(=O)Nc2ccccc2F)n1. The van der Waals surface area contributed by atoms with Gasteiger partial charge in [0.05, 0.1) is 23.5 Å². The summed E-state index contributed by atoms with van der Waals surface area (Å²) in [7, 11) is 0. The molecule has 2 amide bonds. The predicted molar refractivity (Wildman–Crippen MR) is 95.4 cm³/mol. The zero-order chi connectivity index (χ0) is 18.2. The fourth-order valence-corrected chi connectivity index (χ4v) is 2.62. The summed E-state index contributed by atoms with van der Waals surface area (Å²) in [5.41, 5.74) is 0.0361. The van der Waals surface area contributed by atoms with Crippen LogP contribution in [0.3, 0.4) is 0 Å². The number of thioether (sulfide) groups is 1. The summed E-state index contributed by atoms with van der Waals surface area (Å²) >= 11 is 7.35. The van der Waals surface area contributed by atoms with Gasteiger partial charge in [-0.1, -0.05) is 42.4 Å². The number of rotatable bonds is 7. The smallest absolute Gasteiger partial charge is 0.272 e. The van der Waals surface area contributed by atoms with Gasteiger partial charge in [0.1, 0.15) is 5.82 Å². The number of nitrogens with zero attached hydrogens (tertiary/aromatic N) is 2. The number of benzene rings is 1. The van der Waals surface area contributed by atoms with Crippen molar-refractivity contribution >= 4 is 40.9 Å². The van der Waals surface area contributed by atoms with Crippen molar-refractivity contribution in [2.75, 3.05) is 17.6 Å². The highest BCUT2D eigenvalue weighted by Crippen LogP contribution is 2.18. The van der Waals surface area contributed by atoms with E-state index in [1.165, 1.54) is 36.2 Å². The molecule has 1 aromatic carbocycles. The number of carbonyl (C=O) groups excluding carboxylic acids is 2. The Labute approximate surface area is 153 Å². The molecule has 0 aliphatic carbocycles. The lowest BCUT2D eigenvalue weighted by molar-refractivity contribution is -0.115. The van der Waals surface area contributed by atoms with Crippen LogP contribution < -0.4 is 10.6 Å². The van der Waals surface area contributed by atoms with E-state index in [-0.39, 0.29) is 22.9 Å². The highest BCUT2D eigenvalue weighted by molar-refractivity contribution is 7.99. The number of hydrogen-bond acceptors (Lipinski definition) is 5. The quantitative estimate of drug-likeness (QED) is 0.567. The van der Waals surface area contributed by atoms with E-state index in [4.69, 9.17) is 11.6 Å². The van der Waals surface area contributed by atoms with Gasteiger partial charge in [0.25, 0.3) is 5.91 Å². The lowest BCUT2D eigenvalue weighted by Gasteiger charge is -2.08. The van der Waals surface area contributed by atoms with Gasteiger partial charge in [0.2, 0.25) is 5.91 Å². The van der Waals surface area contributed by atoms with Crippen LogP contribution in [0.25, 0.3) is 0 Å². The third kappa shape index (κ3) is 5.68. The van der Waals surface area contributed by atoms with E-state index >= 15 is 0 Å². The van der Waals surface area contributed by atoms with Crippen molar-refractivity contribution in [3.8, 4) is 0 Å². The van der Waals surface area contributed by atoms with Gasteiger partial charge < -0.3 is 10.6 Å². The van der Waals surface area contributed by atoms with Crippen molar-refractivity contribution in [2.45, 2.75) is 18.5 Å². The minimum Gasteiger partial charge on any atom is -0.342 e. The van der Waals surface area contributed by atoms with Gasteiger partial charge in [-0.15, -0.1) is 0 Å². The van der Waals surface area contributed by atoms with Crippen molar-refractivity contribution in [3.05, 3.63) is 47.0 Å². The van der Waals surface area contributed by atoms with Gasteiger partial charge in [-0.05, 0) is 18.6 Å². The molecule has 0 aliphatic rings. The van der Waals surface area contributed by atoms with Gasteiger partial charge in [0, 0.05) is 5.75 Å². The Hall–Kier alpha value is -2.19. The molecule has 0 unspecified atom stereocenters. The minimum absolute atomic E-state index is 0.00559. The second kappa shape index (κ2) is 9.33. The third-order valence-corrected chi connectivity index (χ3v) is 4.27. The summed E-state index contributed by atoms with van der Waals surface area (Å²) in [4.78, 5) is 32.1. The molecule has 1 heterocycles. The van der Waals surface area contributed by atoms with E-state index in [1.54, 1.807) is 6.07 Å². The summed E-state index contributed by atoms with van der Waals surface area (Å²) in [6.45, 7) is 1.68. The van der Waals surface area contributed by atoms with Gasteiger partial charge in [0.15, 0.2) is 10.9 Å². The van der Waals surface area contributed by atoms with Crippen LogP contribution in [0.2, 0.25) is 5.02 Å². The van der Waals surface area contributed by atoms with E-state index in [9.17, 15) is 14.0 Å². The Morgan fingerprint density at radius 3 is 2.80 bits per heavy atom. The van der Waals surface area contributed by atoms with Crippen LogP contribution in [-0.4, -0.2) is 34.1 Å². The van der Waals surface area contributed by atoms with E-state index in [0.717, 1.165) is 12.2 Å². The second-order valence-electron chi connectivity index (χ2n) is 4.91. The van der Waals surface area contributed by atoms with Gasteiger partial charge in [-0.2, -0.15) is 0 Å². The molecule has 2 aromatic rings. The van der Waals surface area contributed by atoms with Crippen LogP contribution in [0.5, 0.6) is 0 Å². The molecule has 0 saturated carbocycles. The summed E-state index contributed by atoms with van der Waals surface area (Å²) < 4.78 is 13.5. The number of hydrogen-bond donors (Lipinski definition) is 2. The Morgan fingerprint density at radius 2 is 2.08 bits per heavy atom. The Kier molecular flexibility index (Phi) is 7.15. The minimum atomic E-state index is -0.602. The van der Waals surface area contributed by atoms with Crippen LogP contribution in [0.15, 0.2) is 35.6 Å². The predicted octanol–water partition coefficient (Wildman–Crippen LogP) is 3.14. The van der Waals surface area contributed by atoms with E-state index in [1.807, 2.05) is 6.92 Å². The van der Waals surface area contributed by atoms with Gasteiger partial charge in [-0.3, -0.25) is 9.59 Å². The molecule has 6 nitrogen and oxygen atoms in total. The van der Waals surface area contributed by atoms with Crippen LogP contribution in [-0.2, 0) is 4.79 Å². The Bertz CT molecular complexity index is 776. The maximum absolute atomic E-state index is 13.5. The van der Waals surface area contributed by atoms with Crippen molar-refractivity contribution in [1.82, 2.24) is 15.3 Å². The third-order valence-electron chi connectivity index (χ3n) is 2.93. The first kappa shape index (κ1) is 19.1. The lowest BCUT2D eigenvalue weighted by atomic mass is 10.3. The summed E-state index contributed by atoms with van der Waals surface area (Å²) in [5, 5.41) is 5.31. The molecule has 0 fully saturated rings. The van der Waals surface area contributed by atoms with Crippen LogP contribution in [0.1, 0.15) is 23.8 Å². The molecule has 0 radical (unpaired) electrons. The summed E-state index contributed by atoms with van der Waals surface area (Å²) in [5.74, 6) is -0.912. The molecule has 0 spiro atoms. The van der Waals surface area contributed by atoms with Crippen LogP contribution >= 0.6 is 23.4 Å². The first-order valence-electron chi connectivity index (χ1n) is 7.49. The standard InChI is InChI=1S/C16H16ClFN4O2S/c1-2-7-25-16-20-8-10(17)14(22-16)15(24)19-9-13(23)21-12-6-4-3-5-11(12)18/h3-6,8H,2,7,9H2,1H3,(H,19,24)(H,21,23). The van der Waals surface area contributed by atoms with Gasteiger partial charge >= 0.3 is 0 Å². The summed E-state index contributed by atoms with van der Waals surface area (Å²) in [6, 6.07) is 5.75. The van der Waals surface area contributed by atoms with E-state index in [0.29, 0.717) is 5.16 Å². The van der Waals surface area contributed by atoms with E-state index < -0.39 is 17.6 Å². The molecule has 25 heavy (non-hydrogen) atoms. The first-order valence-corrected chi connectivity index (χ1v) is 8.85. The number of aromatic nitrogens is 2.